The third kappa shape index (κ3) is 3.31. The number of nitrogens with zero attached hydrogens (tertiary/aromatic N) is 3. The lowest BCUT2D eigenvalue weighted by atomic mass is 10.1. The largest absolute Gasteiger partial charge is 0.461 e. The average molecular weight is 311 g/mol. The number of likely N-dealkylation sites (N-methyl/N-ethyl adjacent to an activating group) is 1. The van der Waals surface area contributed by atoms with Crippen molar-refractivity contribution in [3.05, 3.63) is 59.9 Å². The van der Waals surface area contributed by atoms with Gasteiger partial charge in [-0.25, -0.2) is 0 Å². The number of hydrogen-bond acceptors (Lipinski definition) is 5. The molecule has 6 heteroatoms. The molecule has 0 unspecified atom stereocenters. The Balaban J connectivity index is 1.79. The maximum atomic E-state index is 12.7. The van der Waals surface area contributed by atoms with E-state index in [2.05, 4.69) is 10.1 Å². The molecular formula is C17H17N3O3. The fourth-order valence-corrected chi connectivity index (χ4v) is 2.35. The van der Waals surface area contributed by atoms with E-state index in [1.807, 2.05) is 37.3 Å². The minimum absolute atomic E-state index is 0.0933. The summed E-state index contributed by atoms with van der Waals surface area (Å²) in [5.74, 6) is 1.79. The van der Waals surface area contributed by atoms with E-state index >= 15 is 0 Å². The molecule has 0 radical (unpaired) electrons. The van der Waals surface area contributed by atoms with E-state index in [9.17, 15) is 4.79 Å². The van der Waals surface area contributed by atoms with Crippen LogP contribution in [-0.4, -0.2) is 34.5 Å². The highest BCUT2D eigenvalue weighted by molar-refractivity contribution is 5.99. The molecule has 0 spiro atoms. The van der Waals surface area contributed by atoms with Crippen molar-refractivity contribution >= 4 is 5.91 Å². The number of carbonyl (C=O) groups is 1. The van der Waals surface area contributed by atoms with Gasteiger partial charge in [-0.3, -0.25) is 4.79 Å². The Labute approximate surface area is 133 Å². The van der Waals surface area contributed by atoms with Crippen molar-refractivity contribution < 1.29 is 13.7 Å². The van der Waals surface area contributed by atoms with E-state index in [-0.39, 0.29) is 5.91 Å². The number of rotatable bonds is 5. The number of hydrogen-bond donors (Lipinski definition) is 0. The molecule has 0 N–H and O–H groups in total. The van der Waals surface area contributed by atoms with Crippen molar-refractivity contribution in [1.29, 1.82) is 0 Å². The number of aromatic nitrogens is 2. The monoisotopic (exact) mass is 311 g/mol. The zero-order chi connectivity index (χ0) is 16.2. The van der Waals surface area contributed by atoms with Crippen LogP contribution in [0.1, 0.15) is 21.9 Å². The normalized spacial score (nSPS) is 10.7. The Morgan fingerprint density at radius 3 is 2.74 bits per heavy atom. The summed E-state index contributed by atoms with van der Waals surface area (Å²) in [5, 5.41) is 3.75. The van der Waals surface area contributed by atoms with Gasteiger partial charge in [0.15, 0.2) is 5.82 Å². The zero-order valence-electron chi connectivity index (χ0n) is 13.0. The van der Waals surface area contributed by atoms with Gasteiger partial charge in [0, 0.05) is 25.6 Å². The molecule has 0 bridgehead atoms. The fourth-order valence-electron chi connectivity index (χ4n) is 2.35. The SMILES string of the molecule is Cc1cc(C(=O)N(C)CCc2ncon2)c(-c2ccccc2)o1. The lowest BCUT2D eigenvalue weighted by molar-refractivity contribution is 0.0796. The van der Waals surface area contributed by atoms with E-state index in [1.165, 1.54) is 6.39 Å². The summed E-state index contributed by atoms with van der Waals surface area (Å²) in [5.41, 5.74) is 1.44. The molecule has 0 atom stereocenters. The van der Waals surface area contributed by atoms with Crippen molar-refractivity contribution in [2.45, 2.75) is 13.3 Å². The van der Waals surface area contributed by atoms with Crippen molar-refractivity contribution in [2.24, 2.45) is 0 Å². The molecule has 1 aromatic carbocycles. The van der Waals surface area contributed by atoms with Gasteiger partial charge in [-0.15, -0.1) is 0 Å². The average Bonchev–Trinajstić information content (AvgIpc) is 3.22. The Hall–Kier alpha value is -2.89. The van der Waals surface area contributed by atoms with Gasteiger partial charge >= 0.3 is 0 Å². The first kappa shape index (κ1) is 15.0. The van der Waals surface area contributed by atoms with Crippen molar-refractivity contribution in [3.63, 3.8) is 0 Å². The van der Waals surface area contributed by atoms with Crippen LogP contribution >= 0.6 is 0 Å². The third-order valence-electron chi connectivity index (χ3n) is 3.55. The van der Waals surface area contributed by atoms with Gasteiger partial charge in [0.1, 0.15) is 11.5 Å². The Kier molecular flexibility index (Phi) is 4.23. The summed E-state index contributed by atoms with van der Waals surface area (Å²) in [4.78, 5) is 18.3. The number of carbonyl (C=O) groups excluding carboxylic acids is 1. The van der Waals surface area contributed by atoms with Crippen LogP contribution in [0.4, 0.5) is 0 Å². The highest BCUT2D eigenvalue weighted by Gasteiger charge is 2.21. The third-order valence-corrected chi connectivity index (χ3v) is 3.55. The van der Waals surface area contributed by atoms with Crippen LogP contribution in [-0.2, 0) is 6.42 Å². The first-order valence-electron chi connectivity index (χ1n) is 7.31. The first-order chi connectivity index (χ1) is 11.1. The van der Waals surface area contributed by atoms with Crippen molar-refractivity contribution in [2.75, 3.05) is 13.6 Å². The second kappa shape index (κ2) is 6.48. The van der Waals surface area contributed by atoms with E-state index in [1.54, 1.807) is 18.0 Å². The molecular weight excluding hydrogens is 294 g/mol. The molecule has 0 saturated carbocycles. The predicted molar refractivity (Wildman–Crippen MR) is 83.8 cm³/mol. The molecule has 0 aliphatic heterocycles. The summed E-state index contributed by atoms with van der Waals surface area (Å²) in [6.45, 7) is 2.33. The van der Waals surface area contributed by atoms with Crippen molar-refractivity contribution in [1.82, 2.24) is 15.0 Å². The maximum absolute atomic E-state index is 12.7. The van der Waals surface area contributed by atoms with Crippen LogP contribution in [0.3, 0.4) is 0 Å². The Bertz CT molecular complexity index is 779. The van der Waals surface area contributed by atoms with Gasteiger partial charge in [0.05, 0.1) is 5.56 Å². The van der Waals surface area contributed by atoms with Gasteiger partial charge in [0.25, 0.3) is 5.91 Å². The van der Waals surface area contributed by atoms with Gasteiger partial charge in [-0.1, -0.05) is 35.5 Å². The maximum Gasteiger partial charge on any atom is 0.257 e. The van der Waals surface area contributed by atoms with Gasteiger partial charge < -0.3 is 13.8 Å². The lowest BCUT2D eigenvalue weighted by Crippen LogP contribution is -2.29. The van der Waals surface area contributed by atoms with E-state index in [4.69, 9.17) is 8.94 Å². The van der Waals surface area contributed by atoms with E-state index in [0.29, 0.717) is 35.9 Å². The van der Waals surface area contributed by atoms with Crippen LogP contribution < -0.4 is 0 Å². The number of aryl methyl sites for hydroxylation is 1. The molecule has 1 amide bonds. The molecule has 0 aliphatic rings. The predicted octanol–water partition coefficient (Wildman–Crippen LogP) is 2.95. The summed E-state index contributed by atoms with van der Waals surface area (Å²) in [7, 11) is 1.75. The fraction of sp³-hybridized carbons (Fsp3) is 0.235. The van der Waals surface area contributed by atoms with Crippen LogP contribution in [0.2, 0.25) is 0 Å². The van der Waals surface area contributed by atoms with Crippen molar-refractivity contribution in [3.8, 4) is 11.3 Å². The van der Waals surface area contributed by atoms with Crippen LogP contribution in [0.25, 0.3) is 11.3 Å². The number of benzene rings is 1. The minimum Gasteiger partial charge on any atom is -0.461 e. The molecule has 2 heterocycles. The topological polar surface area (TPSA) is 72.4 Å². The summed E-state index contributed by atoms with van der Waals surface area (Å²) >= 11 is 0. The van der Waals surface area contributed by atoms with Crippen LogP contribution in [0.5, 0.6) is 0 Å². The summed E-state index contributed by atoms with van der Waals surface area (Å²) in [6.07, 6.45) is 1.82. The Morgan fingerprint density at radius 2 is 2.04 bits per heavy atom. The molecule has 0 aliphatic carbocycles. The smallest absolute Gasteiger partial charge is 0.257 e. The zero-order valence-corrected chi connectivity index (χ0v) is 13.0. The summed E-state index contributed by atoms with van der Waals surface area (Å²) < 4.78 is 10.4. The Morgan fingerprint density at radius 1 is 1.26 bits per heavy atom. The molecule has 0 fully saturated rings. The van der Waals surface area contributed by atoms with E-state index < -0.39 is 0 Å². The molecule has 3 aromatic rings. The first-order valence-corrected chi connectivity index (χ1v) is 7.31. The molecule has 2 aromatic heterocycles. The molecule has 118 valence electrons. The molecule has 6 nitrogen and oxygen atoms in total. The van der Waals surface area contributed by atoms with E-state index in [0.717, 1.165) is 5.56 Å². The quantitative estimate of drug-likeness (QED) is 0.724. The van der Waals surface area contributed by atoms with Gasteiger partial charge in [-0.2, -0.15) is 4.98 Å². The highest BCUT2D eigenvalue weighted by atomic mass is 16.5. The van der Waals surface area contributed by atoms with Gasteiger partial charge in [-0.05, 0) is 13.0 Å². The number of furan rings is 1. The highest BCUT2D eigenvalue weighted by Crippen LogP contribution is 2.27. The van der Waals surface area contributed by atoms with Gasteiger partial charge in [0.2, 0.25) is 6.39 Å². The minimum atomic E-state index is -0.0933. The number of amides is 1. The summed E-state index contributed by atoms with van der Waals surface area (Å²) in [6, 6.07) is 11.4. The second-order valence-corrected chi connectivity index (χ2v) is 5.29. The van der Waals surface area contributed by atoms with Crippen LogP contribution in [0.15, 0.2) is 51.7 Å². The standard InChI is InChI=1S/C17H17N3O3/c1-12-10-14(16(23-12)13-6-4-3-5-7-13)17(21)20(2)9-8-15-18-11-22-19-15/h3-7,10-11H,8-9H2,1-2H3. The molecule has 3 rings (SSSR count). The van der Waals surface area contributed by atoms with Crippen LogP contribution in [0, 0.1) is 6.92 Å². The molecule has 23 heavy (non-hydrogen) atoms. The molecule has 0 saturated heterocycles. The lowest BCUT2D eigenvalue weighted by Gasteiger charge is -2.16. The second-order valence-electron chi connectivity index (χ2n) is 5.29.